The summed E-state index contributed by atoms with van der Waals surface area (Å²) in [6, 6.07) is 7.15. The number of carbonyl (C=O) groups excluding carboxylic acids is 1. The van der Waals surface area contributed by atoms with Crippen LogP contribution in [0.1, 0.15) is 12.5 Å². The Bertz CT molecular complexity index is 424. The van der Waals surface area contributed by atoms with Gasteiger partial charge in [0.15, 0.2) is 6.17 Å². The molecule has 1 aliphatic carbocycles. The predicted molar refractivity (Wildman–Crippen MR) is 51.8 cm³/mol. The van der Waals surface area contributed by atoms with Crippen molar-refractivity contribution >= 4 is 5.91 Å². The monoisotopic (exact) mass is 229 g/mol. The molecule has 2 rings (SSSR count). The molecule has 5 heteroatoms. The molecule has 0 spiro atoms. The molecule has 1 saturated carbocycles. The Morgan fingerprint density at radius 3 is 2.38 bits per heavy atom. The first-order valence-corrected chi connectivity index (χ1v) is 4.79. The van der Waals surface area contributed by atoms with E-state index in [1.807, 2.05) is 0 Å². The highest BCUT2D eigenvalue weighted by Crippen LogP contribution is 2.61. The lowest BCUT2D eigenvalue weighted by molar-refractivity contribution is -0.122. The van der Waals surface area contributed by atoms with Gasteiger partial charge in [-0.05, 0) is 5.56 Å². The van der Waals surface area contributed by atoms with Gasteiger partial charge in [-0.2, -0.15) is 0 Å². The number of carbonyl (C=O) groups is 1. The van der Waals surface area contributed by atoms with Crippen LogP contribution in [0.4, 0.5) is 13.2 Å². The highest BCUT2D eigenvalue weighted by Gasteiger charge is 2.84. The molecule has 3 atom stereocenters. The first-order chi connectivity index (χ1) is 7.43. The highest BCUT2D eigenvalue weighted by atomic mass is 19.2. The molecule has 86 valence electrons. The minimum absolute atomic E-state index is 0.112. The quantitative estimate of drug-likeness (QED) is 0.772. The van der Waals surface area contributed by atoms with Crippen LogP contribution in [0.15, 0.2) is 30.3 Å². The van der Waals surface area contributed by atoms with Gasteiger partial charge < -0.3 is 5.32 Å². The van der Waals surface area contributed by atoms with E-state index in [9.17, 15) is 18.0 Å². The number of amides is 1. The van der Waals surface area contributed by atoms with Crippen LogP contribution < -0.4 is 5.32 Å². The molecule has 1 aliphatic rings. The van der Waals surface area contributed by atoms with E-state index in [-0.39, 0.29) is 5.56 Å². The lowest BCUT2D eigenvalue weighted by Crippen LogP contribution is -2.37. The SMILES string of the molecule is CC(=O)NC1(F)C(F)C1(F)c1ccccc1. The van der Waals surface area contributed by atoms with Crippen LogP contribution in [0, 0.1) is 0 Å². The van der Waals surface area contributed by atoms with E-state index >= 15 is 0 Å². The average Bonchev–Trinajstić information content (AvgIpc) is 2.66. The van der Waals surface area contributed by atoms with Crippen LogP contribution in [0.3, 0.4) is 0 Å². The van der Waals surface area contributed by atoms with Gasteiger partial charge in [0.25, 0.3) is 5.79 Å². The predicted octanol–water partition coefficient (Wildman–Crippen LogP) is 2.00. The molecule has 16 heavy (non-hydrogen) atoms. The van der Waals surface area contributed by atoms with Crippen molar-refractivity contribution in [1.82, 2.24) is 5.32 Å². The maximum Gasteiger partial charge on any atom is 0.259 e. The van der Waals surface area contributed by atoms with Crippen LogP contribution in [-0.2, 0) is 10.5 Å². The third kappa shape index (κ3) is 1.24. The van der Waals surface area contributed by atoms with Crippen LogP contribution >= 0.6 is 0 Å². The van der Waals surface area contributed by atoms with Crippen molar-refractivity contribution in [3.05, 3.63) is 35.9 Å². The second-order valence-corrected chi connectivity index (χ2v) is 3.83. The third-order valence-corrected chi connectivity index (χ3v) is 2.70. The lowest BCUT2D eigenvalue weighted by Gasteiger charge is -2.11. The molecule has 2 nitrogen and oxygen atoms in total. The molecule has 3 unspecified atom stereocenters. The van der Waals surface area contributed by atoms with Gasteiger partial charge in [0, 0.05) is 6.92 Å². The molecule has 0 saturated heterocycles. The normalized spacial score (nSPS) is 36.9. The smallest absolute Gasteiger partial charge is 0.259 e. The summed E-state index contributed by atoms with van der Waals surface area (Å²) in [5.74, 6) is -3.75. The first kappa shape index (κ1) is 11.0. The summed E-state index contributed by atoms with van der Waals surface area (Å²) in [6.45, 7) is 1.01. The van der Waals surface area contributed by atoms with Crippen LogP contribution in [0.5, 0.6) is 0 Å². The topological polar surface area (TPSA) is 29.1 Å². The Morgan fingerprint density at radius 2 is 1.88 bits per heavy atom. The molecule has 1 fully saturated rings. The minimum Gasteiger partial charge on any atom is -0.319 e. The van der Waals surface area contributed by atoms with E-state index in [2.05, 4.69) is 0 Å². The molecule has 0 aromatic heterocycles. The van der Waals surface area contributed by atoms with E-state index in [1.165, 1.54) is 24.3 Å². The van der Waals surface area contributed by atoms with E-state index in [0.29, 0.717) is 0 Å². The van der Waals surface area contributed by atoms with Gasteiger partial charge in [-0.3, -0.25) is 4.79 Å². The molecule has 1 aromatic rings. The highest BCUT2D eigenvalue weighted by molar-refractivity contribution is 5.75. The number of hydrogen-bond donors (Lipinski definition) is 1. The van der Waals surface area contributed by atoms with Gasteiger partial charge in [-0.15, -0.1) is 0 Å². The van der Waals surface area contributed by atoms with Crippen molar-refractivity contribution in [3.8, 4) is 0 Å². The Balaban J connectivity index is 2.33. The van der Waals surface area contributed by atoms with Gasteiger partial charge in [0.05, 0.1) is 0 Å². The summed E-state index contributed by atoms with van der Waals surface area (Å²) < 4.78 is 41.2. The van der Waals surface area contributed by atoms with Gasteiger partial charge >= 0.3 is 0 Å². The molecule has 0 aliphatic heterocycles. The zero-order valence-corrected chi connectivity index (χ0v) is 8.51. The molecular formula is C11H10F3NO. The second kappa shape index (κ2) is 3.23. The van der Waals surface area contributed by atoms with Crippen LogP contribution in [0.25, 0.3) is 0 Å². The lowest BCUT2D eigenvalue weighted by atomic mass is 10.1. The summed E-state index contributed by atoms with van der Waals surface area (Å²) in [7, 11) is 0. The summed E-state index contributed by atoms with van der Waals surface area (Å²) in [4.78, 5) is 10.7. The Kier molecular flexibility index (Phi) is 2.22. The average molecular weight is 229 g/mol. The maximum absolute atomic E-state index is 14.1. The fourth-order valence-corrected chi connectivity index (χ4v) is 1.81. The van der Waals surface area contributed by atoms with Crippen molar-refractivity contribution in [2.24, 2.45) is 0 Å². The second-order valence-electron chi connectivity index (χ2n) is 3.83. The van der Waals surface area contributed by atoms with E-state index in [0.717, 1.165) is 6.92 Å². The number of nitrogens with one attached hydrogen (secondary N) is 1. The zero-order chi connectivity index (χ0) is 12.0. The molecule has 0 heterocycles. The molecule has 1 N–H and O–H groups in total. The van der Waals surface area contributed by atoms with Crippen molar-refractivity contribution in [1.29, 1.82) is 0 Å². The van der Waals surface area contributed by atoms with E-state index in [1.54, 1.807) is 11.4 Å². The summed E-state index contributed by atoms with van der Waals surface area (Å²) >= 11 is 0. The standard InChI is InChI=1S/C11H10F3NO/c1-7(16)15-11(14)9(12)10(11,13)8-5-3-2-4-6-8/h2-6,9H,1H3,(H,15,16). The Morgan fingerprint density at radius 1 is 1.31 bits per heavy atom. The third-order valence-electron chi connectivity index (χ3n) is 2.70. The fraction of sp³-hybridized carbons (Fsp3) is 0.364. The van der Waals surface area contributed by atoms with Crippen molar-refractivity contribution in [2.45, 2.75) is 24.6 Å². The molecule has 0 bridgehead atoms. The molecule has 1 amide bonds. The van der Waals surface area contributed by atoms with E-state index in [4.69, 9.17) is 0 Å². The summed E-state index contributed by atoms with van der Waals surface area (Å²) in [5.41, 5.74) is -2.89. The van der Waals surface area contributed by atoms with Crippen molar-refractivity contribution in [2.75, 3.05) is 0 Å². The number of benzene rings is 1. The number of rotatable bonds is 2. The van der Waals surface area contributed by atoms with Crippen molar-refractivity contribution in [3.63, 3.8) is 0 Å². The minimum atomic E-state index is -2.94. The van der Waals surface area contributed by atoms with Gasteiger partial charge in [-0.1, -0.05) is 30.3 Å². The Hall–Kier alpha value is -1.52. The number of alkyl halides is 3. The van der Waals surface area contributed by atoms with E-state index < -0.39 is 23.5 Å². The summed E-state index contributed by atoms with van der Waals surface area (Å²) in [5, 5.41) is 1.68. The molecule has 0 radical (unpaired) electrons. The molecule has 1 aromatic carbocycles. The summed E-state index contributed by atoms with van der Waals surface area (Å²) in [6.07, 6.45) is -2.37. The van der Waals surface area contributed by atoms with Crippen LogP contribution in [0.2, 0.25) is 0 Å². The molecular weight excluding hydrogens is 219 g/mol. The zero-order valence-electron chi connectivity index (χ0n) is 8.51. The fourth-order valence-electron chi connectivity index (χ4n) is 1.81. The van der Waals surface area contributed by atoms with Gasteiger partial charge in [0.1, 0.15) is 0 Å². The number of halogens is 3. The van der Waals surface area contributed by atoms with Gasteiger partial charge in [0.2, 0.25) is 11.6 Å². The van der Waals surface area contributed by atoms with Crippen LogP contribution in [-0.4, -0.2) is 17.9 Å². The Labute approximate surface area is 90.5 Å². The largest absolute Gasteiger partial charge is 0.319 e. The first-order valence-electron chi connectivity index (χ1n) is 4.79. The van der Waals surface area contributed by atoms with Gasteiger partial charge in [-0.25, -0.2) is 13.2 Å². The maximum atomic E-state index is 14.1. The number of hydrogen-bond acceptors (Lipinski definition) is 1. The van der Waals surface area contributed by atoms with Crippen molar-refractivity contribution < 1.29 is 18.0 Å².